The molecule has 2 aromatic heterocycles. The van der Waals surface area contributed by atoms with Crippen LogP contribution >= 0.6 is 0 Å². The SMILES string of the molecule is Cc1cc(-c2ccnc(NC(=O)O)c2)cnc1OCC(C)(N)CC(C)C. The molecule has 0 saturated carbocycles. The third kappa shape index (κ3) is 5.70. The van der Waals surface area contributed by atoms with Gasteiger partial charge >= 0.3 is 6.09 Å². The average Bonchev–Trinajstić information content (AvgIpc) is 2.52. The third-order valence-electron chi connectivity index (χ3n) is 3.77. The van der Waals surface area contributed by atoms with E-state index in [1.807, 2.05) is 19.9 Å². The minimum atomic E-state index is -1.15. The Balaban J connectivity index is 2.13. The number of aryl methyl sites for hydroxylation is 1. The number of aromatic nitrogens is 2. The zero-order chi connectivity index (χ0) is 19.3. The van der Waals surface area contributed by atoms with E-state index in [0.717, 1.165) is 23.1 Å². The molecular formula is C19H26N4O3. The van der Waals surface area contributed by atoms with Gasteiger partial charge in [0.25, 0.3) is 0 Å². The molecule has 0 bridgehead atoms. The Morgan fingerprint density at radius 1 is 1.35 bits per heavy atom. The van der Waals surface area contributed by atoms with E-state index in [1.165, 1.54) is 0 Å². The smallest absolute Gasteiger partial charge is 0.410 e. The lowest BCUT2D eigenvalue weighted by Gasteiger charge is -2.26. The van der Waals surface area contributed by atoms with E-state index in [9.17, 15) is 4.79 Å². The van der Waals surface area contributed by atoms with Gasteiger partial charge in [-0.1, -0.05) is 13.8 Å². The van der Waals surface area contributed by atoms with E-state index in [-0.39, 0.29) is 5.82 Å². The molecule has 1 amide bonds. The summed E-state index contributed by atoms with van der Waals surface area (Å²) in [6.45, 7) is 8.54. The molecule has 0 fully saturated rings. The molecule has 2 heterocycles. The van der Waals surface area contributed by atoms with Crippen molar-refractivity contribution in [2.45, 2.75) is 39.7 Å². The highest BCUT2D eigenvalue weighted by molar-refractivity contribution is 5.82. The van der Waals surface area contributed by atoms with E-state index in [1.54, 1.807) is 24.5 Å². The summed E-state index contributed by atoms with van der Waals surface area (Å²) in [7, 11) is 0. The van der Waals surface area contributed by atoms with Crippen molar-refractivity contribution < 1.29 is 14.6 Å². The fourth-order valence-corrected chi connectivity index (χ4v) is 2.88. The average molecular weight is 358 g/mol. The zero-order valence-corrected chi connectivity index (χ0v) is 15.6. The van der Waals surface area contributed by atoms with Crippen molar-refractivity contribution in [3.63, 3.8) is 0 Å². The Labute approximate surface area is 153 Å². The van der Waals surface area contributed by atoms with Gasteiger partial charge in [0.15, 0.2) is 0 Å². The first kappa shape index (κ1) is 19.7. The molecule has 26 heavy (non-hydrogen) atoms. The summed E-state index contributed by atoms with van der Waals surface area (Å²) < 4.78 is 5.83. The molecule has 140 valence electrons. The lowest BCUT2D eigenvalue weighted by molar-refractivity contribution is 0.199. The van der Waals surface area contributed by atoms with Gasteiger partial charge in [-0.15, -0.1) is 0 Å². The van der Waals surface area contributed by atoms with Crippen molar-refractivity contribution in [3.8, 4) is 17.0 Å². The minimum absolute atomic E-state index is 0.264. The minimum Gasteiger partial charge on any atom is -0.476 e. The van der Waals surface area contributed by atoms with E-state index in [2.05, 4.69) is 29.1 Å². The van der Waals surface area contributed by atoms with Crippen molar-refractivity contribution in [1.82, 2.24) is 9.97 Å². The molecule has 0 spiro atoms. The largest absolute Gasteiger partial charge is 0.476 e. The fourth-order valence-electron chi connectivity index (χ4n) is 2.88. The number of nitrogens with zero attached hydrogens (tertiary/aromatic N) is 2. The first-order valence-electron chi connectivity index (χ1n) is 8.51. The highest BCUT2D eigenvalue weighted by Crippen LogP contribution is 2.26. The van der Waals surface area contributed by atoms with Gasteiger partial charge in [-0.2, -0.15) is 0 Å². The van der Waals surface area contributed by atoms with E-state index >= 15 is 0 Å². The third-order valence-corrected chi connectivity index (χ3v) is 3.77. The van der Waals surface area contributed by atoms with Crippen LogP contribution in [-0.2, 0) is 0 Å². The molecular weight excluding hydrogens is 332 g/mol. The highest BCUT2D eigenvalue weighted by atomic mass is 16.5. The van der Waals surface area contributed by atoms with Gasteiger partial charge in [0.2, 0.25) is 5.88 Å². The lowest BCUT2D eigenvalue weighted by atomic mass is 9.93. The van der Waals surface area contributed by atoms with Crippen LogP contribution in [0.1, 0.15) is 32.8 Å². The number of rotatable bonds is 7. The van der Waals surface area contributed by atoms with Crippen LogP contribution in [0.25, 0.3) is 11.1 Å². The van der Waals surface area contributed by atoms with Gasteiger partial charge in [0.05, 0.1) is 0 Å². The topological polar surface area (TPSA) is 110 Å². The summed E-state index contributed by atoms with van der Waals surface area (Å²) in [6, 6.07) is 5.40. The quantitative estimate of drug-likeness (QED) is 0.696. The molecule has 0 aromatic carbocycles. The van der Waals surface area contributed by atoms with Crippen molar-refractivity contribution in [2.24, 2.45) is 11.7 Å². The first-order valence-corrected chi connectivity index (χ1v) is 8.51. The van der Waals surface area contributed by atoms with Crippen LogP contribution in [-0.4, -0.2) is 33.3 Å². The number of pyridine rings is 2. The zero-order valence-electron chi connectivity index (χ0n) is 15.6. The van der Waals surface area contributed by atoms with Crippen LogP contribution in [0.15, 0.2) is 30.6 Å². The summed E-state index contributed by atoms with van der Waals surface area (Å²) in [5.41, 5.74) is 8.41. The molecule has 2 aromatic rings. The highest BCUT2D eigenvalue weighted by Gasteiger charge is 2.21. The monoisotopic (exact) mass is 358 g/mol. The van der Waals surface area contributed by atoms with Gasteiger partial charge in [0.1, 0.15) is 12.4 Å². The molecule has 0 aliphatic rings. The van der Waals surface area contributed by atoms with Crippen LogP contribution in [0.3, 0.4) is 0 Å². The second kappa shape index (κ2) is 8.14. The molecule has 7 nitrogen and oxygen atoms in total. The molecule has 1 unspecified atom stereocenters. The van der Waals surface area contributed by atoms with Crippen LogP contribution in [0.4, 0.5) is 10.6 Å². The number of hydrogen-bond acceptors (Lipinski definition) is 5. The van der Waals surface area contributed by atoms with Crippen LogP contribution in [0, 0.1) is 12.8 Å². The number of nitrogens with one attached hydrogen (secondary N) is 1. The molecule has 0 aliphatic carbocycles. The summed E-state index contributed by atoms with van der Waals surface area (Å²) in [4.78, 5) is 19.1. The van der Waals surface area contributed by atoms with Gasteiger partial charge in [-0.3, -0.25) is 5.32 Å². The Kier molecular flexibility index (Phi) is 6.15. The van der Waals surface area contributed by atoms with Crippen LogP contribution in [0.5, 0.6) is 5.88 Å². The number of hydrogen-bond donors (Lipinski definition) is 3. The number of carboxylic acid groups (broad SMARTS) is 1. The van der Waals surface area contributed by atoms with E-state index < -0.39 is 11.6 Å². The van der Waals surface area contributed by atoms with Crippen molar-refractivity contribution in [1.29, 1.82) is 0 Å². The number of carbonyl (C=O) groups is 1. The molecule has 0 saturated heterocycles. The van der Waals surface area contributed by atoms with Crippen LogP contribution < -0.4 is 15.8 Å². The fraction of sp³-hybridized carbons (Fsp3) is 0.421. The van der Waals surface area contributed by atoms with Gasteiger partial charge in [-0.05, 0) is 49.9 Å². The van der Waals surface area contributed by atoms with Crippen molar-refractivity contribution >= 4 is 11.9 Å². The van der Waals surface area contributed by atoms with E-state index in [4.69, 9.17) is 15.6 Å². The number of amides is 1. The predicted octanol–water partition coefficient (Wildman–Crippen LogP) is 3.68. The summed E-state index contributed by atoms with van der Waals surface area (Å²) in [5, 5.41) is 11.0. The molecule has 0 aliphatic heterocycles. The maximum Gasteiger partial charge on any atom is 0.410 e. The molecule has 0 radical (unpaired) electrons. The maximum atomic E-state index is 10.7. The lowest BCUT2D eigenvalue weighted by Crippen LogP contribution is -2.43. The molecule has 4 N–H and O–H groups in total. The normalized spacial score (nSPS) is 13.3. The first-order chi connectivity index (χ1) is 12.2. The van der Waals surface area contributed by atoms with Crippen LogP contribution in [0.2, 0.25) is 0 Å². The predicted molar refractivity (Wildman–Crippen MR) is 101 cm³/mol. The van der Waals surface area contributed by atoms with Crippen molar-refractivity contribution in [3.05, 3.63) is 36.2 Å². The molecule has 7 heteroatoms. The molecule has 1 atom stereocenters. The summed E-state index contributed by atoms with van der Waals surface area (Å²) in [6.07, 6.45) is 2.95. The molecule has 2 rings (SSSR count). The summed E-state index contributed by atoms with van der Waals surface area (Å²) in [5.74, 6) is 1.30. The number of anilines is 1. The van der Waals surface area contributed by atoms with E-state index in [0.29, 0.717) is 18.4 Å². The second-order valence-electron chi connectivity index (χ2n) is 7.25. The maximum absolute atomic E-state index is 10.7. The Morgan fingerprint density at radius 3 is 2.69 bits per heavy atom. The van der Waals surface area contributed by atoms with Crippen molar-refractivity contribution in [2.75, 3.05) is 11.9 Å². The standard InChI is InChI=1S/C19H26N4O3/c1-12(2)9-19(4,20)11-26-17-13(3)7-15(10-22-17)14-5-6-21-16(8-14)23-18(24)25/h5-8,10,12H,9,11,20H2,1-4H3,(H,21,23)(H,24,25). The Hall–Kier alpha value is -2.67. The number of nitrogens with two attached hydrogens (primary N) is 1. The second-order valence-corrected chi connectivity index (χ2v) is 7.25. The van der Waals surface area contributed by atoms with Gasteiger partial charge in [0, 0.05) is 29.1 Å². The number of ether oxygens (including phenoxy) is 1. The van der Waals surface area contributed by atoms with Gasteiger partial charge in [-0.25, -0.2) is 14.8 Å². The Morgan fingerprint density at radius 2 is 2.08 bits per heavy atom. The summed E-state index contributed by atoms with van der Waals surface area (Å²) >= 11 is 0. The Bertz CT molecular complexity index is 775. The van der Waals surface area contributed by atoms with Gasteiger partial charge < -0.3 is 15.6 Å².